The molecule has 0 fully saturated rings. The summed E-state index contributed by atoms with van der Waals surface area (Å²) in [5.41, 5.74) is 4.65. The summed E-state index contributed by atoms with van der Waals surface area (Å²) in [7, 11) is 0. The molecule has 0 saturated carbocycles. The van der Waals surface area contributed by atoms with E-state index in [1.807, 2.05) is 12.1 Å². The second kappa shape index (κ2) is 13.0. The number of hydrogen-bond acceptors (Lipinski definition) is 2. The van der Waals surface area contributed by atoms with Gasteiger partial charge in [-0.2, -0.15) is 0 Å². The Bertz CT molecular complexity index is 774. The topological polar surface area (TPSA) is 37.3 Å². The zero-order valence-electron chi connectivity index (χ0n) is 16.0. The van der Waals surface area contributed by atoms with Crippen molar-refractivity contribution in [2.45, 2.75) is 52.1 Å². The second-order valence-corrected chi connectivity index (χ2v) is 8.82. The number of carbonyl (C=O) groups excluding carboxylic acids is 1. The Morgan fingerprint density at radius 1 is 0.926 bits per heavy atom. The number of hydrogen-bond donors (Lipinski definition) is 1. The van der Waals surface area contributed by atoms with Gasteiger partial charge in [0.25, 0.3) is 0 Å². The van der Waals surface area contributed by atoms with Crippen LogP contribution < -0.4 is 29.6 Å². The van der Waals surface area contributed by atoms with Crippen LogP contribution in [0.1, 0.15) is 67.7 Å². The molecule has 3 radical (unpaired) electrons. The zero-order valence-corrected chi connectivity index (χ0v) is 21.3. The fraction of sp³-hybridized carbons (Fsp3) is 0.381. The van der Waals surface area contributed by atoms with Crippen LogP contribution in [-0.4, -0.2) is 19.3 Å². The summed E-state index contributed by atoms with van der Waals surface area (Å²) in [6, 6.07) is 12.4. The van der Waals surface area contributed by atoms with Gasteiger partial charge < -0.3 is 6.53 Å². The van der Waals surface area contributed by atoms with Crippen molar-refractivity contribution >= 4 is 59.4 Å². The average Bonchev–Trinajstić information content (AvgIpc) is 2.55. The first-order valence-electron chi connectivity index (χ1n) is 8.32. The molecule has 0 aliphatic heterocycles. The van der Waals surface area contributed by atoms with E-state index in [-0.39, 0.29) is 52.9 Å². The molecule has 2 aliphatic rings. The van der Waals surface area contributed by atoms with E-state index in [0.29, 0.717) is 5.78 Å². The van der Waals surface area contributed by atoms with Gasteiger partial charge >= 0.3 is 29.6 Å². The van der Waals surface area contributed by atoms with Crippen LogP contribution >= 0.6 is 45.2 Å². The van der Waals surface area contributed by atoms with E-state index in [0.717, 1.165) is 49.7 Å². The normalized spacial score (nSPS) is 16.9. The van der Waals surface area contributed by atoms with E-state index in [9.17, 15) is 9.90 Å². The van der Waals surface area contributed by atoms with Crippen LogP contribution in [0.4, 0.5) is 0 Å². The first-order chi connectivity index (χ1) is 11.5. The summed E-state index contributed by atoms with van der Waals surface area (Å²) in [5, 5.41) is 9.65. The molecule has 4 rings (SSSR count). The second-order valence-electron chi connectivity index (χ2n) is 6.33. The maximum Gasteiger partial charge on any atom is 1.00 e. The molecule has 0 amide bonds. The molecular weight excluding hydrogens is 572 g/mol. The van der Waals surface area contributed by atoms with E-state index >= 15 is 0 Å². The third kappa shape index (κ3) is 7.41. The minimum Gasteiger partial charge on any atom is -1.00 e. The number of rotatable bonds is 0. The van der Waals surface area contributed by atoms with Crippen molar-refractivity contribution in [3.8, 4) is 0 Å². The smallest absolute Gasteiger partial charge is 1.00 e. The zero-order chi connectivity index (χ0) is 17.1. The van der Waals surface area contributed by atoms with Crippen LogP contribution in [-0.2, 0) is 12.8 Å². The molecule has 0 saturated heterocycles. The van der Waals surface area contributed by atoms with Crippen molar-refractivity contribution in [3.63, 3.8) is 0 Å². The maximum absolute atomic E-state index is 11.4. The van der Waals surface area contributed by atoms with Crippen LogP contribution in [0.15, 0.2) is 36.4 Å². The van der Waals surface area contributed by atoms with Gasteiger partial charge in [-0.15, -0.1) is 0 Å². The van der Waals surface area contributed by atoms with E-state index in [2.05, 4.69) is 69.4 Å². The number of benzene rings is 2. The summed E-state index contributed by atoms with van der Waals surface area (Å²) in [5.74, 6) is 0.313. The Morgan fingerprint density at radius 2 is 1.52 bits per heavy atom. The first-order valence-corrected chi connectivity index (χ1v) is 10.5. The van der Waals surface area contributed by atoms with E-state index in [4.69, 9.17) is 0 Å². The standard InChI is InChI=1S/C10H11IO.C10H9IO.CH4.B.Na.H/c2*11-8-4-5-9-7(6-8)2-1-3-10(9)12;;;;/h4-6,10,12H,1-3H2;4-6H,1-3H2;1H4;;;/q;;;;+1;-1. The molecule has 27 heavy (non-hydrogen) atoms. The Hall–Kier alpha value is 0.595. The Balaban J connectivity index is 0. The summed E-state index contributed by atoms with van der Waals surface area (Å²) < 4.78 is 2.49. The van der Waals surface area contributed by atoms with Crippen molar-refractivity contribution < 1.29 is 40.9 Å². The van der Waals surface area contributed by atoms with Gasteiger partial charge in [0.2, 0.25) is 0 Å². The monoisotopic (exact) mass is 597 g/mol. The summed E-state index contributed by atoms with van der Waals surface area (Å²) in [6.45, 7) is 0. The van der Waals surface area contributed by atoms with Gasteiger partial charge in [-0.1, -0.05) is 19.6 Å². The van der Waals surface area contributed by atoms with Gasteiger partial charge in [0.15, 0.2) is 5.78 Å². The molecule has 2 nitrogen and oxygen atoms in total. The third-order valence-corrected chi connectivity index (χ3v) is 5.95. The number of aliphatic hydroxyl groups excluding tert-OH is 1. The quantitative estimate of drug-likeness (QED) is 0.375. The molecule has 0 spiro atoms. The number of ketones is 1. The van der Waals surface area contributed by atoms with Gasteiger partial charge in [-0.05, 0) is 118 Å². The summed E-state index contributed by atoms with van der Waals surface area (Å²) in [6.07, 6.45) is 5.77. The fourth-order valence-corrected chi connectivity index (χ4v) is 4.48. The van der Waals surface area contributed by atoms with Gasteiger partial charge in [0.1, 0.15) is 0 Å². The number of fused-ring (bicyclic) bond motifs is 2. The van der Waals surface area contributed by atoms with Gasteiger partial charge in [0.05, 0.1) is 6.10 Å². The van der Waals surface area contributed by atoms with Gasteiger partial charge in [0, 0.05) is 27.5 Å². The predicted molar refractivity (Wildman–Crippen MR) is 127 cm³/mol. The number of Topliss-reactive ketones (excluding diaryl/α,β-unsaturated/α-hetero) is 1. The first kappa shape index (κ1) is 27.6. The van der Waals surface area contributed by atoms with Crippen LogP contribution in [0.25, 0.3) is 0 Å². The SMILES string of the molecule is C.O=C1CCCc2cc(I)ccc21.OC1CCCc2cc(I)ccc21.[B].[H-].[Na+]. The maximum atomic E-state index is 11.4. The summed E-state index contributed by atoms with van der Waals surface area (Å²) >= 11 is 4.59. The van der Waals surface area contributed by atoms with E-state index < -0.39 is 0 Å². The molecule has 2 aromatic rings. The molecule has 2 aromatic carbocycles. The molecule has 139 valence electrons. The van der Waals surface area contributed by atoms with E-state index in [1.165, 1.54) is 18.3 Å². The minimum atomic E-state index is -0.217. The van der Waals surface area contributed by atoms with Crippen molar-refractivity contribution in [2.24, 2.45) is 0 Å². The number of halogens is 2. The Morgan fingerprint density at radius 3 is 2.22 bits per heavy atom. The van der Waals surface area contributed by atoms with E-state index in [1.54, 1.807) is 0 Å². The summed E-state index contributed by atoms with van der Waals surface area (Å²) in [4.78, 5) is 11.4. The van der Waals surface area contributed by atoms with Crippen molar-refractivity contribution in [3.05, 3.63) is 65.8 Å². The van der Waals surface area contributed by atoms with Crippen molar-refractivity contribution in [1.29, 1.82) is 0 Å². The van der Waals surface area contributed by atoms with Crippen LogP contribution in [0, 0.1) is 7.14 Å². The molecule has 1 atom stereocenters. The molecule has 0 aromatic heterocycles. The van der Waals surface area contributed by atoms with Crippen LogP contribution in [0.3, 0.4) is 0 Å². The Kier molecular flexibility index (Phi) is 13.3. The van der Waals surface area contributed by atoms with Crippen LogP contribution in [0.2, 0.25) is 0 Å². The molecule has 0 bridgehead atoms. The van der Waals surface area contributed by atoms with Crippen molar-refractivity contribution in [2.75, 3.05) is 0 Å². The molecular formula is C21H25BI2NaO2. The largest absolute Gasteiger partial charge is 1.00 e. The van der Waals surface area contributed by atoms with Gasteiger partial charge in [-0.25, -0.2) is 0 Å². The van der Waals surface area contributed by atoms with Crippen LogP contribution in [0.5, 0.6) is 0 Å². The molecule has 1 unspecified atom stereocenters. The average molecular weight is 597 g/mol. The minimum absolute atomic E-state index is 0. The molecule has 1 N–H and O–H groups in total. The molecule has 2 aliphatic carbocycles. The fourth-order valence-electron chi connectivity index (χ4n) is 3.37. The number of carbonyl (C=O) groups is 1. The Labute approximate surface area is 215 Å². The number of aryl methyl sites for hydroxylation is 2. The van der Waals surface area contributed by atoms with Gasteiger partial charge in [-0.3, -0.25) is 4.79 Å². The predicted octanol–water partition coefficient (Wildman–Crippen LogP) is 2.84. The molecule has 0 heterocycles. The third-order valence-electron chi connectivity index (χ3n) is 4.61. The van der Waals surface area contributed by atoms with Crippen molar-refractivity contribution in [1.82, 2.24) is 0 Å². The molecule has 6 heteroatoms. The number of aliphatic hydroxyl groups is 1.